The molecule has 0 saturated heterocycles. The molecular formula is C24H20ClNO4. The van der Waals surface area contributed by atoms with Crippen LogP contribution in [0.3, 0.4) is 0 Å². The van der Waals surface area contributed by atoms with Gasteiger partial charge >= 0.3 is 5.97 Å². The lowest BCUT2D eigenvalue weighted by atomic mass is 9.81. The molecule has 2 N–H and O–H groups in total. The summed E-state index contributed by atoms with van der Waals surface area (Å²) in [4.78, 5) is 14.7. The molecule has 1 aromatic carbocycles. The van der Waals surface area contributed by atoms with Crippen LogP contribution in [0, 0.1) is 0 Å². The molecule has 2 aromatic heterocycles. The van der Waals surface area contributed by atoms with E-state index < -0.39 is 5.97 Å². The number of carboxylic acid groups (broad SMARTS) is 1. The Hall–Kier alpha value is -3.18. The number of aromatic amines is 1. The highest BCUT2D eigenvalue weighted by Crippen LogP contribution is 2.35. The second-order valence-corrected chi connectivity index (χ2v) is 8.14. The van der Waals surface area contributed by atoms with E-state index in [1.165, 1.54) is 23.3 Å². The van der Waals surface area contributed by atoms with Gasteiger partial charge in [-0.2, -0.15) is 0 Å². The number of benzene rings is 1. The van der Waals surface area contributed by atoms with E-state index in [2.05, 4.69) is 36.2 Å². The number of carbonyl (C=O) groups is 1. The highest BCUT2D eigenvalue weighted by molar-refractivity contribution is 6.30. The summed E-state index contributed by atoms with van der Waals surface area (Å²) in [6.07, 6.45) is 8.39. The molecule has 0 amide bonds. The van der Waals surface area contributed by atoms with Crippen LogP contribution >= 0.6 is 11.6 Å². The smallest absolute Gasteiger partial charge is 0.371 e. The van der Waals surface area contributed by atoms with Crippen molar-refractivity contribution in [3.05, 3.63) is 86.7 Å². The zero-order valence-electron chi connectivity index (χ0n) is 16.3. The Morgan fingerprint density at radius 1 is 1.20 bits per heavy atom. The molecule has 0 fully saturated rings. The second-order valence-electron chi connectivity index (χ2n) is 7.70. The van der Waals surface area contributed by atoms with Gasteiger partial charge in [-0.05, 0) is 59.7 Å². The zero-order valence-corrected chi connectivity index (χ0v) is 17.1. The summed E-state index contributed by atoms with van der Waals surface area (Å²) in [7, 11) is 0. The van der Waals surface area contributed by atoms with Gasteiger partial charge in [0.1, 0.15) is 0 Å². The Balaban J connectivity index is 1.67. The number of allylic oxidation sites excluding steroid dienone is 1. The van der Waals surface area contributed by atoms with Gasteiger partial charge in [-0.3, -0.25) is 0 Å². The van der Waals surface area contributed by atoms with E-state index in [0.29, 0.717) is 16.7 Å². The maximum Gasteiger partial charge on any atom is 0.371 e. The van der Waals surface area contributed by atoms with Crippen molar-refractivity contribution in [1.29, 1.82) is 0 Å². The summed E-state index contributed by atoms with van der Waals surface area (Å²) >= 11 is 6.10. The molecule has 2 heterocycles. The molecule has 0 spiro atoms. The largest absolute Gasteiger partial charge is 0.475 e. The molecular weight excluding hydrogens is 402 g/mol. The first-order valence-corrected chi connectivity index (χ1v) is 10.3. The number of hydrogen-bond donors (Lipinski definition) is 2. The third-order valence-corrected chi connectivity index (χ3v) is 6.03. The fourth-order valence-electron chi connectivity index (χ4n) is 4.37. The minimum absolute atomic E-state index is 0.0738. The van der Waals surface area contributed by atoms with Gasteiger partial charge in [-0.1, -0.05) is 42.8 Å². The predicted octanol–water partition coefficient (Wildman–Crippen LogP) is 4.53. The molecule has 2 aliphatic rings. The number of rotatable bonds is 4. The molecule has 0 bridgehead atoms. The lowest BCUT2D eigenvalue weighted by molar-refractivity contribution is 0.0657. The average Bonchev–Trinajstić information content (AvgIpc) is 3.35. The molecule has 6 heteroatoms. The van der Waals surface area contributed by atoms with E-state index in [4.69, 9.17) is 25.9 Å². The van der Waals surface area contributed by atoms with E-state index in [1.807, 2.05) is 18.2 Å². The van der Waals surface area contributed by atoms with Crippen LogP contribution in [0.5, 0.6) is 5.95 Å². The number of hydrogen-bond acceptors (Lipinski definition) is 3. The number of halogens is 1. The normalized spacial score (nSPS) is 19.7. The van der Waals surface area contributed by atoms with Gasteiger partial charge in [0.15, 0.2) is 5.76 Å². The zero-order chi connectivity index (χ0) is 20.8. The van der Waals surface area contributed by atoms with Crippen molar-refractivity contribution < 1.29 is 19.1 Å². The highest BCUT2D eigenvalue weighted by Gasteiger charge is 2.28. The number of furan rings is 1. The molecule has 152 valence electrons. The monoisotopic (exact) mass is 421 g/mol. The van der Waals surface area contributed by atoms with Crippen LogP contribution in [0.2, 0.25) is 5.02 Å². The maximum absolute atomic E-state index is 11.1. The van der Waals surface area contributed by atoms with Gasteiger partial charge in [0.05, 0.1) is 5.35 Å². The number of nitrogens with one attached hydrogen (secondary N) is 1. The van der Waals surface area contributed by atoms with Crippen LogP contribution in [0.4, 0.5) is 0 Å². The van der Waals surface area contributed by atoms with Gasteiger partial charge in [-0.15, -0.1) is 0 Å². The number of aromatic nitrogens is 1. The number of H-pyrrole nitrogens is 1. The van der Waals surface area contributed by atoms with Gasteiger partial charge in [0, 0.05) is 22.4 Å². The molecule has 0 saturated carbocycles. The van der Waals surface area contributed by atoms with Crippen molar-refractivity contribution >= 4 is 29.4 Å². The first-order valence-electron chi connectivity index (χ1n) is 9.92. The topological polar surface area (TPSA) is 75.5 Å². The van der Waals surface area contributed by atoms with Crippen LogP contribution in [-0.2, 0) is 0 Å². The Kier molecular flexibility index (Phi) is 4.55. The third-order valence-electron chi connectivity index (χ3n) is 5.78. The van der Waals surface area contributed by atoms with Crippen LogP contribution in [0.1, 0.15) is 58.8 Å². The number of ether oxygens (including phenoxy) is 1. The van der Waals surface area contributed by atoms with Crippen LogP contribution in [0.25, 0.3) is 11.8 Å². The molecule has 5 rings (SSSR count). The van der Waals surface area contributed by atoms with Gasteiger partial charge in [-0.25, -0.2) is 4.79 Å². The Morgan fingerprint density at radius 2 is 2.00 bits per heavy atom. The maximum atomic E-state index is 11.1. The molecule has 2 aliphatic carbocycles. The van der Waals surface area contributed by atoms with E-state index in [1.54, 1.807) is 0 Å². The molecule has 3 aromatic rings. The second kappa shape index (κ2) is 7.26. The minimum atomic E-state index is -1.13. The molecule has 5 nitrogen and oxygen atoms in total. The fraction of sp³-hybridized carbons (Fsp3) is 0.208. The SMILES string of the molecule is CC1CCC=c2[nH]c3c(c21)C(c1ccc(Cl)cc1)C=CC=3Oc1ccc(C(=O)O)o1. The van der Waals surface area contributed by atoms with Crippen molar-refractivity contribution in [3.63, 3.8) is 0 Å². The first-order chi connectivity index (χ1) is 14.5. The standard InChI is InChI=1S/C24H20ClNO4/c1-13-3-2-4-17-21(13)22-16(14-5-7-15(25)8-6-14)9-10-18(23(22)26-17)29-20-12-11-19(30-20)24(27)28/h4-13,16,26H,2-3H2,1H3,(H,27,28). The van der Waals surface area contributed by atoms with Gasteiger partial charge in [0.2, 0.25) is 5.76 Å². The average molecular weight is 422 g/mol. The van der Waals surface area contributed by atoms with E-state index in [0.717, 1.165) is 29.1 Å². The van der Waals surface area contributed by atoms with E-state index >= 15 is 0 Å². The molecule has 2 atom stereocenters. The molecule has 30 heavy (non-hydrogen) atoms. The molecule has 0 aliphatic heterocycles. The lowest BCUT2D eigenvalue weighted by Crippen LogP contribution is -2.22. The van der Waals surface area contributed by atoms with E-state index in [-0.39, 0.29) is 17.6 Å². The summed E-state index contributed by atoms with van der Waals surface area (Å²) in [6.45, 7) is 2.25. The van der Waals surface area contributed by atoms with E-state index in [9.17, 15) is 4.79 Å². The summed E-state index contributed by atoms with van der Waals surface area (Å²) in [5, 5.41) is 11.8. The molecule has 0 radical (unpaired) electrons. The molecule has 2 unspecified atom stereocenters. The summed E-state index contributed by atoms with van der Waals surface area (Å²) in [6, 6.07) is 10.8. The summed E-state index contributed by atoms with van der Waals surface area (Å²) in [5.74, 6) is -0.0303. The summed E-state index contributed by atoms with van der Waals surface area (Å²) in [5.41, 5.74) is 3.66. The van der Waals surface area contributed by atoms with Crippen molar-refractivity contribution in [2.75, 3.05) is 0 Å². The highest BCUT2D eigenvalue weighted by atomic mass is 35.5. The van der Waals surface area contributed by atoms with Gasteiger partial charge < -0.3 is 19.2 Å². The van der Waals surface area contributed by atoms with Crippen molar-refractivity contribution in [2.24, 2.45) is 0 Å². The van der Waals surface area contributed by atoms with Crippen LogP contribution in [-0.4, -0.2) is 16.1 Å². The summed E-state index contributed by atoms with van der Waals surface area (Å²) < 4.78 is 11.3. The van der Waals surface area contributed by atoms with Gasteiger partial charge in [0.25, 0.3) is 5.95 Å². The quantitative estimate of drug-likeness (QED) is 0.649. The van der Waals surface area contributed by atoms with Crippen molar-refractivity contribution in [1.82, 2.24) is 4.98 Å². The van der Waals surface area contributed by atoms with Crippen LogP contribution < -0.4 is 15.4 Å². The van der Waals surface area contributed by atoms with Crippen molar-refractivity contribution in [3.8, 4) is 5.95 Å². The number of aromatic carboxylic acids is 1. The van der Waals surface area contributed by atoms with Crippen LogP contribution in [0.15, 0.2) is 53.0 Å². The Bertz CT molecular complexity index is 1280. The minimum Gasteiger partial charge on any atom is -0.475 e. The first kappa shape index (κ1) is 18.8. The van der Waals surface area contributed by atoms with Crippen molar-refractivity contribution in [2.45, 2.75) is 31.6 Å². The predicted molar refractivity (Wildman–Crippen MR) is 114 cm³/mol. The Labute approximate surface area is 177 Å². The number of carboxylic acids is 1. The fourth-order valence-corrected chi connectivity index (χ4v) is 4.50. The Morgan fingerprint density at radius 3 is 2.73 bits per heavy atom. The number of fused-ring (bicyclic) bond motifs is 3. The lowest BCUT2D eigenvalue weighted by Gasteiger charge is -2.22. The third kappa shape index (κ3) is 3.15.